The molecule has 1 aliphatic heterocycles. The number of aliphatic hydroxyl groups is 1. The first-order chi connectivity index (χ1) is 9.04. The third kappa shape index (κ3) is 3.21. The maximum absolute atomic E-state index is 12.3. The standard InChI is InChI=1S/C11H17N3O4S/c15-8-7-13-3-5-14(6-4-13)19(17,18)10-1-2-11(16)12-9-10/h1-2,9,15H,3-8H2,(H,12,16). The third-order valence-electron chi connectivity index (χ3n) is 3.14. The summed E-state index contributed by atoms with van der Waals surface area (Å²) in [6, 6.07) is 2.52. The van der Waals surface area contributed by atoms with Crippen LogP contribution in [0.25, 0.3) is 0 Å². The van der Waals surface area contributed by atoms with Crippen LogP contribution in [0.4, 0.5) is 0 Å². The van der Waals surface area contributed by atoms with Gasteiger partial charge in [0.1, 0.15) is 0 Å². The van der Waals surface area contributed by atoms with Crippen molar-refractivity contribution in [3.63, 3.8) is 0 Å². The van der Waals surface area contributed by atoms with Crippen LogP contribution in [0.15, 0.2) is 28.0 Å². The second-order valence-corrected chi connectivity index (χ2v) is 6.30. The zero-order chi connectivity index (χ0) is 13.9. The van der Waals surface area contributed by atoms with Crippen molar-refractivity contribution in [1.29, 1.82) is 0 Å². The van der Waals surface area contributed by atoms with Gasteiger partial charge >= 0.3 is 0 Å². The van der Waals surface area contributed by atoms with Crippen molar-refractivity contribution in [2.24, 2.45) is 0 Å². The average molecular weight is 287 g/mol. The van der Waals surface area contributed by atoms with Crippen molar-refractivity contribution in [3.05, 3.63) is 28.7 Å². The molecule has 8 heteroatoms. The van der Waals surface area contributed by atoms with Gasteiger partial charge in [-0.25, -0.2) is 8.42 Å². The number of sulfonamides is 1. The Labute approximate surface area is 111 Å². The second-order valence-electron chi connectivity index (χ2n) is 4.36. The van der Waals surface area contributed by atoms with E-state index in [4.69, 9.17) is 5.11 Å². The minimum Gasteiger partial charge on any atom is -0.395 e. The minimum atomic E-state index is -3.54. The molecular weight excluding hydrogens is 270 g/mol. The summed E-state index contributed by atoms with van der Waals surface area (Å²) in [4.78, 5) is 15.4. The summed E-state index contributed by atoms with van der Waals surface area (Å²) in [6.45, 7) is 2.62. The first-order valence-corrected chi connectivity index (χ1v) is 7.50. The number of pyridine rings is 1. The summed E-state index contributed by atoms with van der Waals surface area (Å²) < 4.78 is 26.0. The zero-order valence-electron chi connectivity index (χ0n) is 10.4. The van der Waals surface area contributed by atoms with Crippen LogP contribution in [-0.4, -0.2) is 67.0 Å². The molecular formula is C11H17N3O4S. The number of aromatic nitrogens is 1. The van der Waals surface area contributed by atoms with E-state index in [-0.39, 0.29) is 17.1 Å². The van der Waals surface area contributed by atoms with Crippen molar-refractivity contribution in [2.75, 3.05) is 39.3 Å². The molecule has 0 saturated carbocycles. The van der Waals surface area contributed by atoms with E-state index in [0.717, 1.165) is 0 Å². The fourth-order valence-electron chi connectivity index (χ4n) is 2.04. The van der Waals surface area contributed by atoms with Crippen LogP contribution in [0.2, 0.25) is 0 Å². The Bertz CT molecular complexity index is 555. The topological polar surface area (TPSA) is 93.7 Å². The molecule has 1 aliphatic rings. The zero-order valence-corrected chi connectivity index (χ0v) is 11.3. The molecule has 0 unspecified atom stereocenters. The smallest absolute Gasteiger partial charge is 0.247 e. The molecule has 0 radical (unpaired) electrons. The number of hydrogen-bond acceptors (Lipinski definition) is 5. The number of β-amino-alcohol motifs (C(OH)–C–C–N with tert-alkyl or cyclic N) is 1. The van der Waals surface area contributed by atoms with Crippen LogP contribution >= 0.6 is 0 Å². The molecule has 1 aromatic rings. The highest BCUT2D eigenvalue weighted by atomic mass is 32.2. The van der Waals surface area contributed by atoms with Gasteiger partial charge in [-0.15, -0.1) is 0 Å². The molecule has 1 aromatic heterocycles. The highest BCUT2D eigenvalue weighted by Gasteiger charge is 2.28. The number of aromatic amines is 1. The Hall–Kier alpha value is -1.22. The first kappa shape index (κ1) is 14.2. The lowest BCUT2D eigenvalue weighted by atomic mass is 10.4. The van der Waals surface area contributed by atoms with Crippen LogP contribution in [0.1, 0.15) is 0 Å². The number of rotatable bonds is 4. The summed E-state index contributed by atoms with van der Waals surface area (Å²) in [7, 11) is -3.54. The number of nitrogens with one attached hydrogen (secondary N) is 1. The van der Waals surface area contributed by atoms with Crippen molar-refractivity contribution in [2.45, 2.75) is 4.90 Å². The Morgan fingerprint density at radius 3 is 2.42 bits per heavy atom. The number of nitrogens with zero attached hydrogens (tertiary/aromatic N) is 2. The molecule has 0 amide bonds. The van der Waals surface area contributed by atoms with Gasteiger partial charge in [-0.2, -0.15) is 4.31 Å². The molecule has 1 fully saturated rings. The highest BCUT2D eigenvalue weighted by Crippen LogP contribution is 2.15. The van der Waals surface area contributed by atoms with Gasteiger partial charge < -0.3 is 10.1 Å². The molecule has 1 saturated heterocycles. The quantitative estimate of drug-likeness (QED) is 0.716. The second kappa shape index (κ2) is 5.83. The van der Waals surface area contributed by atoms with Gasteiger partial charge in [0.25, 0.3) is 0 Å². The monoisotopic (exact) mass is 287 g/mol. The number of piperazine rings is 1. The van der Waals surface area contributed by atoms with E-state index in [9.17, 15) is 13.2 Å². The minimum absolute atomic E-state index is 0.0761. The summed E-state index contributed by atoms with van der Waals surface area (Å²) in [5.74, 6) is 0. The number of aliphatic hydroxyl groups excluding tert-OH is 1. The first-order valence-electron chi connectivity index (χ1n) is 6.06. The predicted octanol–water partition coefficient (Wildman–Crippen LogP) is -1.33. The van der Waals surface area contributed by atoms with Gasteiger partial charge in [0.05, 0.1) is 11.5 Å². The summed E-state index contributed by atoms with van der Waals surface area (Å²) in [5, 5.41) is 8.84. The van der Waals surface area contributed by atoms with E-state index in [2.05, 4.69) is 4.98 Å². The molecule has 2 heterocycles. The third-order valence-corrected chi connectivity index (χ3v) is 5.04. The molecule has 0 aliphatic carbocycles. The van der Waals surface area contributed by atoms with Crippen LogP contribution < -0.4 is 5.56 Å². The van der Waals surface area contributed by atoms with Gasteiger partial charge in [-0.05, 0) is 6.07 Å². The lowest BCUT2D eigenvalue weighted by Crippen LogP contribution is -2.49. The Kier molecular flexibility index (Phi) is 4.35. The Morgan fingerprint density at radius 2 is 1.89 bits per heavy atom. The molecule has 0 aromatic carbocycles. The van der Waals surface area contributed by atoms with E-state index in [1.165, 1.54) is 22.6 Å². The van der Waals surface area contributed by atoms with Crippen LogP contribution in [0.5, 0.6) is 0 Å². The molecule has 0 spiro atoms. The van der Waals surface area contributed by atoms with Gasteiger partial charge in [0.2, 0.25) is 15.6 Å². The fourth-order valence-corrected chi connectivity index (χ4v) is 3.43. The van der Waals surface area contributed by atoms with E-state index >= 15 is 0 Å². The Balaban J connectivity index is 2.09. The number of hydrogen-bond donors (Lipinski definition) is 2. The van der Waals surface area contributed by atoms with Crippen molar-refractivity contribution in [3.8, 4) is 0 Å². The van der Waals surface area contributed by atoms with E-state index < -0.39 is 10.0 Å². The Morgan fingerprint density at radius 1 is 1.21 bits per heavy atom. The largest absolute Gasteiger partial charge is 0.395 e. The van der Waals surface area contributed by atoms with Crippen LogP contribution in [0, 0.1) is 0 Å². The van der Waals surface area contributed by atoms with Gasteiger partial charge in [0, 0.05) is 45.0 Å². The van der Waals surface area contributed by atoms with Crippen molar-refractivity contribution < 1.29 is 13.5 Å². The van der Waals surface area contributed by atoms with E-state index in [1.807, 2.05) is 4.90 Å². The van der Waals surface area contributed by atoms with Gasteiger partial charge in [0.15, 0.2) is 0 Å². The van der Waals surface area contributed by atoms with Crippen LogP contribution in [0.3, 0.4) is 0 Å². The van der Waals surface area contributed by atoms with Crippen molar-refractivity contribution in [1.82, 2.24) is 14.2 Å². The molecule has 106 valence electrons. The van der Waals surface area contributed by atoms with E-state index in [0.29, 0.717) is 32.7 Å². The molecule has 0 bridgehead atoms. The maximum atomic E-state index is 12.3. The lowest BCUT2D eigenvalue weighted by Gasteiger charge is -2.33. The molecule has 0 atom stereocenters. The van der Waals surface area contributed by atoms with Crippen molar-refractivity contribution >= 4 is 10.0 Å². The fraction of sp³-hybridized carbons (Fsp3) is 0.545. The molecule has 19 heavy (non-hydrogen) atoms. The van der Waals surface area contributed by atoms with Gasteiger partial charge in [-0.3, -0.25) is 9.69 Å². The highest BCUT2D eigenvalue weighted by molar-refractivity contribution is 7.89. The lowest BCUT2D eigenvalue weighted by molar-refractivity contribution is 0.151. The SMILES string of the molecule is O=c1ccc(S(=O)(=O)N2CCN(CCO)CC2)c[nH]1. The average Bonchev–Trinajstić information content (AvgIpc) is 2.40. The summed E-state index contributed by atoms with van der Waals surface area (Å²) in [5.41, 5.74) is -0.327. The molecule has 2 rings (SSSR count). The number of H-pyrrole nitrogens is 1. The maximum Gasteiger partial charge on any atom is 0.247 e. The van der Waals surface area contributed by atoms with Gasteiger partial charge in [-0.1, -0.05) is 0 Å². The van der Waals surface area contributed by atoms with Crippen LogP contribution in [-0.2, 0) is 10.0 Å². The summed E-state index contributed by atoms with van der Waals surface area (Å²) >= 11 is 0. The predicted molar refractivity (Wildman–Crippen MR) is 69.3 cm³/mol. The molecule has 7 nitrogen and oxygen atoms in total. The van der Waals surface area contributed by atoms with E-state index in [1.54, 1.807) is 0 Å². The normalized spacial score (nSPS) is 18.6. The molecule has 2 N–H and O–H groups in total. The summed E-state index contributed by atoms with van der Waals surface area (Å²) in [6.07, 6.45) is 1.22.